The van der Waals surface area contributed by atoms with Gasteiger partial charge < -0.3 is 0 Å². The molecule has 1 heterocycles. The Balaban J connectivity index is 1.41. The zero-order chi connectivity index (χ0) is 23.9. The topological polar surface area (TPSA) is 72.2 Å². The molecule has 1 saturated carbocycles. The van der Waals surface area contributed by atoms with Crippen molar-refractivity contribution >= 4 is 35.5 Å². The van der Waals surface area contributed by atoms with Gasteiger partial charge in [0.1, 0.15) is 0 Å². The number of benzene rings is 2. The largest absolute Gasteiger partial charge is 0.299 e. The number of hydrogen-bond donors (Lipinski definition) is 1. The van der Waals surface area contributed by atoms with E-state index in [1.54, 1.807) is 6.21 Å². The van der Waals surface area contributed by atoms with Crippen LogP contribution in [0.5, 0.6) is 0 Å². The number of thioether (sulfide) groups is 1. The van der Waals surface area contributed by atoms with Gasteiger partial charge in [-0.2, -0.15) is 5.10 Å². The molecule has 0 bridgehead atoms. The fourth-order valence-electron chi connectivity index (χ4n) is 4.15. The van der Waals surface area contributed by atoms with E-state index in [1.165, 1.54) is 36.6 Å². The van der Waals surface area contributed by atoms with Crippen LogP contribution < -0.4 is 5.43 Å². The number of halogens is 1. The molecule has 0 aliphatic heterocycles. The van der Waals surface area contributed by atoms with Gasteiger partial charge in [-0.1, -0.05) is 80.7 Å². The molecule has 1 amide bonds. The van der Waals surface area contributed by atoms with E-state index in [2.05, 4.69) is 51.3 Å². The number of hydrazone groups is 1. The summed E-state index contributed by atoms with van der Waals surface area (Å²) in [5, 5.41) is 14.5. The number of carbonyl (C=O) groups is 1. The standard InChI is InChI=1S/C26H30ClN5OS/c1-18(2)20-10-8-19(9-11-20)16-28-29-24(33)17-34-26-31-30-25(21-12-14-22(27)15-13-21)32(26)23-6-4-3-5-7-23/h8-16,18,23H,3-7,17H2,1-2H3,(H,29,33)/b28-16-. The molecule has 1 fully saturated rings. The molecule has 0 unspecified atom stereocenters. The van der Waals surface area contributed by atoms with Gasteiger partial charge in [0.05, 0.1) is 12.0 Å². The van der Waals surface area contributed by atoms with Crippen molar-refractivity contribution in [2.45, 2.75) is 63.1 Å². The number of nitrogens with one attached hydrogen (secondary N) is 1. The van der Waals surface area contributed by atoms with Gasteiger partial charge in [0.2, 0.25) is 0 Å². The van der Waals surface area contributed by atoms with Crippen molar-refractivity contribution in [2.75, 3.05) is 5.75 Å². The monoisotopic (exact) mass is 495 g/mol. The molecular formula is C26H30ClN5OS. The summed E-state index contributed by atoms with van der Waals surface area (Å²) in [6.07, 6.45) is 7.51. The maximum Gasteiger partial charge on any atom is 0.250 e. The van der Waals surface area contributed by atoms with Gasteiger partial charge in [0.15, 0.2) is 11.0 Å². The Hall–Kier alpha value is -2.64. The average Bonchev–Trinajstić information content (AvgIpc) is 3.28. The molecular weight excluding hydrogens is 466 g/mol. The number of rotatable bonds is 8. The average molecular weight is 496 g/mol. The highest BCUT2D eigenvalue weighted by molar-refractivity contribution is 7.99. The Labute approximate surface area is 210 Å². The molecule has 4 rings (SSSR count). The first-order valence-electron chi connectivity index (χ1n) is 11.8. The maximum atomic E-state index is 12.4. The van der Waals surface area contributed by atoms with E-state index in [9.17, 15) is 4.79 Å². The first-order chi connectivity index (χ1) is 16.5. The molecule has 3 aromatic rings. The molecule has 1 aromatic heterocycles. The van der Waals surface area contributed by atoms with Gasteiger partial charge in [-0.15, -0.1) is 10.2 Å². The van der Waals surface area contributed by atoms with Crippen LogP contribution in [0.25, 0.3) is 11.4 Å². The third kappa shape index (κ3) is 6.27. The van der Waals surface area contributed by atoms with Crippen LogP contribution in [0.4, 0.5) is 0 Å². The van der Waals surface area contributed by atoms with E-state index in [0.29, 0.717) is 17.0 Å². The molecule has 178 valence electrons. The van der Waals surface area contributed by atoms with Gasteiger partial charge in [0.25, 0.3) is 5.91 Å². The number of amides is 1. The van der Waals surface area contributed by atoms with Crippen LogP contribution >= 0.6 is 23.4 Å². The minimum atomic E-state index is -0.175. The summed E-state index contributed by atoms with van der Waals surface area (Å²) in [4.78, 5) is 12.4. The zero-order valence-corrected chi connectivity index (χ0v) is 21.1. The summed E-state index contributed by atoms with van der Waals surface area (Å²) < 4.78 is 2.21. The van der Waals surface area contributed by atoms with Crippen molar-refractivity contribution in [3.63, 3.8) is 0 Å². The second kappa shape index (κ2) is 11.7. The molecule has 1 N–H and O–H groups in total. The summed E-state index contributed by atoms with van der Waals surface area (Å²) in [5.74, 6) is 1.36. The van der Waals surface area contributed by atoms with E-state index >= 15 is 0 Å². The van der Waals surface area contributed by atoms with Gasteiger partial charge in [-0.05, 0) is 54.2 Å². The predicted octanol–water partition coefficient (Wildman–Crippen LogP) is 6.47. The van der Waals surface area contributed by atoms with Crippen molar-refractivity contribution in [2.24, 2.45) is 5.10 Å². The van der Waals surface area contributed by atoms with Gasteiger partial charge in [0, 0.05) is 16.6 Å². The molecule has 0 atom stereocenters. The Morgan fingerprint density at radius 1 is 1.12 bits per heavy atom. The lowest BCUT2D eigenvalue weighted by atomic mass is 9.95. The van der Waals surface area contributed by atoms with E-state index in [0.717, 1.165) is 34.9 Å². The van der Waals surface area contributed by atoms with Crippen molar-refractivity contribution in [1.29, 1.82) is 0 Å². The quantitative estimate of drug-likeness (QED) is 0.221. The summed E-state index contributed by atoms with van der Waals surface area (Å²) >= 11 is 7.47. The maximum absolute atomic E-state index is 12.4. The Kier molecular flexibility index (Phi) is 8.40. The predicted molar refractivity (Wildman–Crippen MR) is 140 cm³/mol. The van der Waals surface area contributed by atoms with E-state index in [1.807, 2.05) is 36.4 Å². The Bertz CT molecular complexity index is 1120. The van der Waals surface area contributed by atoms with Crippen molar-refractivity contribution in [1.82, 2.24) is 20.2 Å². The second-order valence-electron chi connectivity index (χ2n) is 8.88. The van der Waals surface area contributed by atoms with Crippen molar-refractivity contribution < 1.29 is 4.79 Å². The molecule has 0 saturated heterocycles. The summed E-state index contributed by atoms with van der Waals surface area (Å²) in [7, 11) is 0. The summed E-state index contributed by atoms with van der Waals surface area (Å²) in [5.41, 5.74) is 5.82. The molecule has 0 radical (unpaired) electrons. The van der Waals surface area contributed by atoms with Crippen LogP contribution in [0, 0.1) is 0 Å². The Morgan fingerprint density at radius 2 is 1.82 bits per heavy atom. The van der Waals surface area contributed by atoms with E-state index in [-0.39, 0.29) is 11.7 Å². The lowest BCUT2D eigenvalue weighted by Gasteiger charge is -2.25. The van der Waals surface area contributed by atoms with Crippen LogP contribution in [0.3, 0.4) is 0 Å². The first-order valence-corrected chi connectivity index (χ1v) is 13.1. The molecule has 6 nitrogen and oxygen atoms in total. The number of nitrogens with zero attached hydrogens (tertiary/aromatic N) is 4. The van der Waals surface area contributed by atoms with Crippen molar-refractivity contribution in [3.8, 4) is 11.4 Å². The lowest BCUT2D eigenvalue weighted by Crippen LogP contribution is -2.20. The minimum Gasteiger partial charge on any atom is -0.299 e. The summed E-state index contributed by atoms with van der Waals surface area (Å²) in [6.45, 7) is 4.32. The molecule has 8 heteroatoms. The second-order valence-corrected chi connectivity index (χ2v) is 10.3. The zero-order valence-electron chi connectivity index (χ0n) is 19.6. The number of carbonyl (C=O) groups excluding carboxylic acids is 1. The van der Waals surface area contributed by atoms with Crippen molar-refractivity contribution in [3.05, 3.63) is 64.7 Å². The van der Waals surface area contributed by atoms with E-state index in [4.69, 9.17) is 11.6 Å². The van der Waals surface area contributed by atoms with Gasteiger partial charge >= 0.3 is 0 Å². The van der Waals surface area contributed by atoms with Crippen LogP contribution in [-0.4, -0.2) is 32.6 Å². The minimum absolute atomic E-state index is 0.175. The van der Waals surface area contributed by atoms with Gasteiger partial charge in [-0.3, -0.25) is 9.36 Å². The molecule has 1 aliphatic rings. The van der Waals surface area contributed by atoms with Crippen LogP contribution in [0.1, 0.15) is 69.0 Å². The molecule has 1 aliphatic carbocycles. The molecule has 34 heavy (non-hydrogen) atoms. The normalized spacial score (nSPS) is 14.7. The highest BCUT2D eigenvalue weighted by Crippen LogP contribution is 2.35. The molecule has 0 spiro atoms. The molecule has 2 aromatic carbocycles. The smallest absolute Gasteiger partial charge is 0.250 e. The first kappa shape index (κ1) is 24.5. The SMILES string of the molecule is CC(C)c1ccc(/C=N\NC(=O)CSc2nnc(-c3ccc(Cl)cc3)n2C2CCCCC2)cc1. The van der Waals surface area contributed by atoms with Crippen LogP contribution in [0.2, 0.25) is 5.02 Å². The summed E-state index contributed by atoms with van der Waals surface area (Å²) in [6, 6.07) is 16.2. The highest BCUT2D eigenvalue weighted by Gasteiger charge is 2.24. The number of hydrogen-bond acceptors (Lipinski definition) is 5. The third-order valence-corrected chi connectivity index (χ3v) is 7.24. The lowest BCUT2D eigenvalue weighted by molar-refractivity contribution is -0.118. The number of aromatic nitrogens is 3. The third-order valence-electron chi connectivity index (χ3n) is 6.05. The highest BCUT2D eigenvalue weighted by atomic mass is 35.5. The Morgan fingerprint density at radius 3 is 2.50 bits per heavy atom. The van der Waals surface area contributed by atoms with Crippen LogP contribution in [-0.2, 0) is 4.79 Å². The fraction of sp³-hybridized carbons (Fsp3) is 0.385. The van der Waals surface area contributed by atoms with Crippen LogP contribution in [0.15, 0.2) is 58.8 Å². The van der Waals surface area contributed by atoms with E-state index < -0.39 is 0 Å². The fourth-order valence-corrected chi connectivity index (χ4v) is 5.07. The van der Waals surface area contributed by atoms with Gasteiger partial charge in [-0.25, -0.2) is 5.43 Å².